The minimum atomic E-state index is -0.796. The van der Waals surface area contributed by atoms with Gasteiger partial charge < -0.3 is 18.9 Å². The van der Waals surface area contributed by atoms with E-state index in [1.807, 2.05) is 0 Å². The third kappa shape index (κ3) is 7.02. The average Bonchev–Trinajstić information content (AvgIpc) is 3.86. The van der Waals surface area contributed by atoms with Crippen molar-refractivity contribution >= 4 is 94.1 Å². The Morgan fingerprint density at radius 3 is 0.860 bits per heavy atom. The number of carbonyl (C=O) groups excluding carboxylic acids is 8. The lowest BCUT2D eigenvalue weighted by atomic mass is 10.0. The van der Waals surface area contributed by atoms with Crippen LogP contribution in [-0.4, -0.2) is 73.4 Å². The Morgan fingerprint density at radius 2 is 0.660 bits per heavy atom. The number of rotatable bonds is 12. The first-order valence-electron chi connectivity index (χ1n) is 15.7. The van der Waals surface area contributed by atoms with Crippen LogP contribution >= 0.6 is 47.0 Å². The van der Waals surface area contributed by atoms with Crippen LogP contribution in [0.1, 0.15) is 94.8 Å². The summed E-state index contributed by atoms with van der Waals surface area (Å²) in [5, 5.41) is 0. The minimum absolute atomic E-state index is 0.0681. The molecule has 0 aromatic heterocycles. The SMILES string of the molecule is CCCOC(=O)C1=C(C(=O)OCCC)SC(=C2C(=O)c3cc4c(cc3C2=O)C(=O)C(=C2SC(C(=O)OCCC)=C(C(=O)OCCC)S2)C4=O)S1. The molecule has 2 heterocycles. The summed E-state index contributed by atoms with van der Waals surface area (Å²) >= 11 is 3.01. The minimum Gasteiger partial charge on any atom is -0.462 e. The molecule has 0 spiro atoms. The van der Waals surface area contributed by atoms with Gasteiger partial charge in [0.15, 0.2) is 23.1 Å². The molecule has 0 atom stereocenters. The van der Waals surface area contributed by atoms with Crippen LogP contribution in [0.5, 0.6) is 0 Å². The number of hydrogen-bond acceptors (Lipinski definition) is 16. The number of ketones is 4. The Hall–Kier alpha value is -3.86. The smallest absolute Gasteiger partial charge is 0.346 e. The Bertz CT molecular complexity index is 1640. The second-order valence-electron chi connectivity index (χ2n) is 10.9. The number of esters is 4. The Morgan fingerprint density at radius 1 is 0.440 bits per heavy atom. The van der Waals surface area contributed by atoms with Crippen molar-refractivity contribution in [1.82, 2.24) is 0 Å². The van der Waals surface area contributed by atoms with Crippen molar-refractivity contribution in [3.63, 3.8) is 0 Å². The van der Waals surface area contributed by atoms with Gasteiger partial charge in [0.1, 0.15) is 19.6 Å². The molecule has 1 aromatic carbocycles. The molecule has 2 aliphatic carbocycles. The summed E-state index contributed by atoms with van der Waals surface area (Å²) in [5.41, 5.74) is -1.13. The van der Waals surface area contributed by atoms with Crippen LogP contribution in [0.4, 0.5) is 0 Å². The van der Waals surface area contributed by atoms with E-state index in [0.717, 1.165) is 47.0 Å². The van der Waals surface area contributed by atoms with Crippen molar-refractivity contribution in [3.8, 4) is 0 Å². The van der Waals surface area contributed by atoms with Crippen LogP contribution < -0.4 is 0 Å². The number of thioether (sulfide) groups is 4. The molecule has 0 fully saturated rings. The molecule has 0 saturated heterocycles. The quantitative estimate of drug-likeness (QED) is 0.104. The van der Waals surface area contributed by atoms with Crippen LogP contribution in [0.15, 0.2) is 51.4 Å². The van der Waals surface area contributed by atoms with E-state index in [0.29, 0.717) is 25.7 Å². The van der Waals surface area contributed by atoms with Gasteiger partial charge in [-0.3, -0.25) is 19.2 Å². The predicted molar refractivity (Wildman–Crippen MR) is 187 cm³/mol. The molecule has 0 saturated carbocycles. The van der Waals surface area contributed by atoms with Gasteiger partial charge in [-0.15, -0.1) is 0 Å². The van der Waals surface area contributed by atoms with Gasteiger partial charge >= 0.3 is 23.9 Å². The van der Waals surface area contributed by atoms with Crippen molar-refractivity contribution in [1.29, 1.82) is 0 Å². The van der Waals surface area contributed by atoms with E-state index in [2.05, 4.69) is 0 Å². The lowest BCUT2D eigenvalue weighted by Gasteiger charge is -2.05. The molecule has 0 bridgehead atoms. The Labute approximate surface area is 303 Å². The predicted octanol–water partition coefficient (Wildman–Crippen LogP) is 6.06. The van der Waals surface area contributed by atoms with Gasteiger partial charge in [0.25, 0.3) is 0 Å². The fourth-order valence-electron chi connectivity index (χ4n) is 4.85. The molecule has 262 valence electrons. The number of carbonyl (C=O) groups is 8. The number of hydrogen-bond donors (Lipinski definition) is 0. The average molecular weight is 759 g/mol. The highest BCUT2D eigenvalue weighted by molar-refractivity contribution is 8.30. The zero-order valence-electron chi connectivity index (χ0n) is 27.3. The van der Waals surface area contributed by atoms with Gasteiger partial charge in [0.2, 0.25) is 0 Å². The summed E-state index contributed by atoms with van der Waals surface area (Å²) in [6.45, 7) is 7.56. The first-order valence-corrected chi connectivity index (χ1v) is 19.0. The number of ether oxygens (including phenoxy) is 4. The normalized spacial score (nSPS) is 16.9. The van der Waals surface area contributed by atoms with Crippen molar-refractivity contribution < 1.29 is 57.3 Å². The van der Waals surface area contributed by atoms with E-state index < -0.39 is 47.0 Å². The van der Waals surface area contributed by atoms with E-state index in [-0.39, 0.29) is 87.9 Å². The van der Waals surface area contributed by atoms with E-state index in [4.69, 9.17) is 18.9 Å². The van der Waals surface area contributed by atoms with Crippen molar-refractivity contribution in [2.24, 2.45) is 0 Å². The third-order valence-electron chi connectivity index (χ3n) is 7.13. The summed E-state index contributed by atoms with van der Waals surface area (Å²) in [6, 6.07) is 2.36. The fraction of sp³-hybridized carbons (Fsp3) is 0.353. The summed E-state index contributed by atoms with van der Waals surface area (Å²) in [6.07, 6.45) is 2.11. The maximum Gasteiger partial charge on any atom is 0.346 e. The molecule has 2 aliphatic heterocycles. The summed E-state index contributed by atoms with van der Waals surface area (Å²) in [5.74, 6) is -6.18. The topological polar surface area (TPSA) is 173 Å². The number of Topliss-reactive ketones (excluding diaryl/α,β-unsaturated/α-hetero) is 4. The molecule has 0 amide bonds. The molecule has 16 heteroatoms. The Balaban J connectivity index is 1.47. The zero-order chi connectivity index (χ0) is 36.3. The van der Waals surface area contributed by atoms with Crippen LogP contribution in [0, 0.1) is 0 Å². The van der Waals surface area contributed by atoms with Gasteiger partial charge in [-0.05, 0) is 37.8 Å². The van der Waals surface area contributed by atoms with Gasteiger partial charge in [0, 0.05) is 22.3 Å². The van der Waals surface area contributed by atoms with E-state index >= 15 is 0 Å². The van der Waals surface area contributed by atoms with E-state index in [1.54, 1.807) is 27.7 Å². The van der Waals surface area contributed by atoms with Crippen LogP contribution in [0.3, 0.4) is 0 Å². The van der Waals surface area contributed by atoms with Crippen LogP contribution in [0.2, 0.25) is 0 Å². The van der Waals surface area contributed by atoms with Crippen LogP contribution in [-0.2, 0) is 38.1 Å². The summed E-state index contributed by atoms with van der Waals surface area (Å²) < 4.78 is 21.0. The highest BCUT2D eigenvalue weighted by Gasteiger charge is 2.46. The molecule has 12 nitrogen and oxygen atoms in total. The van der Waals surface area contributed by atoms with E-state index in [1.165, 1.54) is 12.1 Å². The second kappa shape index (κ2) is 16.0. The monoisotopic (exact) mass is 758 g/mol. The van der Waals surface area contributed by atoms with Crippen molar-refractivity contribution in [2.75, 3.05) is 26.4 Å². The van der Waals surface area contributed by atoms with Crippen molar-refractivity contribution in [3.05, 3.63) is 73.6 Å². The first kappa shape index (κ1) is 37.4. The van der Waals surface area contributed by atoms with Crippen molar-refractivity contribution in [2.45, 2.75) is 53.4 Å². The van der Waals surface area contributed by atoms with Gasteiger partial charge in [-0.2, -0.15) is 0 Å². The van der Waals surface area contributed by atoms with Gasteiger partial charge in [-0.1, -0.05) is 74.7 Å². The highest BCUT2D eigenvalue weighted by Crippen LogP contribution is 2.55. The molecule has 5 rings (SSSR count). The number of allylic oxidation sites excluding steroid dienone is 2. The first-order chi connectivity index (χ1) is 24.0. The standard InChI is InChI=1S/C34H30O12S4/c1-5-9-43-29(39)25-26(30(40)44-10-6-2)48-33(47-25)19-21(35)15-13-17-18(14-16(15)22(19)36)24(38)20(23(17)37)34-49-27(31(41)45-11-7-3)28(50-34)32(42)46-12-8-4/h13-14H,5-12H2,1-4H3. The second-order valence-corrected chi connectivity index (χ2v) is 15.5. The van der Waals surface area contributed by atoms with Crippen LogP contribution in [0.25, 0.3) is 0 Å². The lowest BCUT2D eigenvalue weighted by molar-refractivity contribution is -0.141. The molecule has 0 unspecified atom stereocenters. The third-order valence-corrected chi connectivity index (χ3v) is 12.3. The van der Waals surface area contributed by atoms with Gasteiger partial charge in [0.05, 0.1) is 46.0 Å². The fourth-order valence-corrected chi connectivity index (χ4v) is 9.85. The zero-order valence-corrected chi connectivity index (χ0v) is 30.6. The highest BCUT2D eigenvalue weighted by atomic mass is 32.2. The maximum absolute atomic E-state index is 13.7. The Kier molecular flexibility index (Phi) is 12.0. The molecule has 0 radical (unpaired) electrons. The molecule has 0 N–H and O–H groups in total. The molecular weight excluding hydrogens is 729 g/mol. The number of fused-ring (bicyclic) bond motifs is 2. The molecular formula is C34H30O12S4. The molecule has 50 heavy (non-hydrogen) atoms. The largest absolute Gasteiger partial charge is 0.462 e. The molecule has 1 aromatic rings. The summed E-state index contributed by atoms with van der Waals surface area (Å²) in [7, 11) is 0. The maximum atomic E-state index is 13.7. The number of benzene rings is 1. The molecule has 4 aliphatic rings. The van der Waals surface area contributed by atoms with Gasteiger partial charge in [-0.25, -0.2) is 19.2 Å². The lowest BCUT2D eigenvalue weighted by Crippen LogP contribution is -2.12. The van der Waals surface area contributed by atoms with E-state index in [9.17, 15) is 38.4 Å². The summed E-state index contributed by atoms with van der Waals surface area (Å²) in [4.78, 5) is 106.